The van der Waals surface area contributed by atoms with E-state index in [-0.39, 0.29) is 5.24 Å². The van der Waals surface area contributed by atoms with E-state index in [0.717, 1.165) is 10.0 Å². The first-order chi connectivity index (χ1) is 9.36. The Morgan fingerprint density at radius 1 is 1.45 bits per heavy atom. The number of thiol groups is 2. The van der Waals surface area contributed by atoms with Crippen LogP contribution in [0.1, 0.15) is 12.0 Å². The first-order valence-corrected chi connectivity index (χ1v) is 6.98. The Kier molecular flexibility index (Phi) is 9.88. The molecule has 20 heavy (non-hydrogen) atoms. The van der Waals surface area contributed by atoms with Gasteiger partial charge in [-0.25, -0.2) is 0 Å². The van der Waals surface area contributed by atoms with Crippen LogP contribution in [0.5, 0.6) is 0 Å². The van der Waals surface area contributed by atoms with Crippen LogP contribution in [0.25, 0.3) is 0 Å². The van der Waals surface area contributed by atoms with Gasteiger partial charge < -0.3 is 10.6 Å². The molecule has 0 spiro atoms. The van der Waals surface area contributed by atoms with Crippen LogP contribution in [-0.4, -0.2) is 26.9 Å². The minimum Gasteiger partial charge on any atom is -0.361 e. The number of hydrogen-bond acceptors (Lipinski definition) is 4. The van der Waals surface area contributed by atoms with E-state index >= 15 is 0 Å². The van der Waals surface area contributed by atoms with Crippen LogP contribution >= 0.6 is 41.2 Å². The largest absolute Gasteiger partial charge is 0.361 e. The van der Waals surface area contributed by atoms with Gasteiger partial charge in [0.1, 0.15) is 0 Å². The number of nitriles is 1. The average molecular weight is 377 g/mol. The highest BCUT2D eigenvalue weighted by Crippen LogP contribution is 2.12. The van der Waals surface area contributed by atoms with E-state index in [2.05, 4.69) is 51.9 Å². The van der Waals surface area contributed by atoms with Gasteiger partial charge in [-0.05, 0) is 27.6 Å². The molecule has 1 aromatic rings. The third-order valence-corrected chi connectivity index (χ3v) is 2.62. The molecule has 108 valence electrons. The predicted molar refractivity (Wildman–Crippen MR) is 85.5 cm³/mol. The Hall–Kier alpha value is -1.24. The normalized spacial score (nSPS) is 8.90. The second-order valence-corrected chi connectivity index (χ2v) is 5.20. The standard InChI is InChI=1S/C10H10BrN3OS.CH3NOS/c11-9-4-8(5-13-6-9)7-14(10(15)16)3-1-2-12;2-1(3)4/h4-6H,1,3,7H2,(H,15,16);(H3,2,3,4). The molecular formula is C11H13BrN4O2S2. The molecule has 1 heterocycles. The number of nitrogens with two attached hydrogens (primary N) is 1. The zero-order chi connectivity index (χ0) is 15.5. The number of amides is 2. The van der Waals surface area contributed by atoms with Gasteiger partial charge in [-0.1, -0.05) is 25.3 Å². The maximum Gasteiger partial charge on any atom is 0.278 e. The zero-order valence-corrected chi connectivity index (χ0v) is 13.7. The Morgan fingerprint density at radius 3 is 2.50 bits per heavy atom. The fourth-order valence-electron chi connectivity index (χ4n) is 1.19. The molecule has 0 saturated carbocycles. The zero-order valence-electron chi connectivity index (χ0n) is 10.4. The Bertz CT molecular complexity index is 503. The highest BCUT2D eigenvalue weighted by atomic mass is 79.9. The van der Waals surface area contributed by atoms with Crippen molar-refractivity contribution in [2.24, 2.45) is 5.73 Å². The summed E-state index contributed by atoms with van der Waals surface area (Å²) in [5.41, 5.74) is 5.23. The van der Waals surface area contributed by atoms with E-state index in [0.29, 0.717) is 19.5 Å². The van der Waals surface area contributed by atoms with E-state index in [1.807, 2.05) is 12.1 Å². The summed E-state index contributed by atoms with van der Waals surface area (Å²) < 4.78 is 0.858. The monoisotopic (exact) mass is 376 g/mol. The van der Waals surface area contributed by atoms with E-state index in [9.17, 15) is 4.79 Å². The summed E-state index contributed by atoms with van der Waals surface area (Å²) in [6, 6.07) is 3.88. The molecule has 0 aromatic carbocycles. The summed E-state index contributed by atoms with van der Waals surface area (Å²) in [4.78, 5) is 25.8. The number of pyridine rings is 1. The lowest BCUT2D eigenvalue weighted by atomic mass is 10.2. The topological polar surface area (TPSA) is 100 Å². The molecule has 2 N–H and O–H groups in total. The molecule has 2 amide bonds. The van der Waals surface area contributed by atoms with Crippen LogP contribution in [0, 0.1) is 11.3 Å². The van der Waals surface area contributed by atoms with Crippen molar-refractivity contribution in [1.82, 2.24) is 9.88 Å². The Morgan fingerprint density at radius 2 is 2.05 bits per heavy atom. The van der Waals surface area contributed by atoms with Crippen molar-refractivity contribution < 1.29 is 9.59 Å². The van der Waals surface area contributed by atoms with Crippen molar-refractivity contribution >= 4 is 51.7 Å². The van der Waals surface area contributed by atoms with Crippen LogP contribution in [-0.2, 0) is 6.54 Å². The van der Waals surface area contributed by atoms with E-state index in [1.165, 1.54) is 4.90 Å². The lowest BCUT2D eigenvalue weighted by Crippen LogP contribution is -2.26. The maximum atomic E-state index is 11.2. The Labute approximate surface area is 136 Å². The van der Waals surface area contributed by atoms with Crippen molar-refractivity contribution in [3.8, 4) is 6.07 Å². The molecule has 0 atom stereocenters. The second kappa shape index (κ2) is 10.5. The molecule has 0 aliphatic heterocycles. The SMILES string of the molecule is N#CCCN(Cc1cncc(Br)c1)C(=O)S.NC(=O)S. The van der Waals surface area contributed by atoms with Crippen molar-refractivity contribution in [2.75, 3.05) is 6.54 Å². The molecule has 1 aromatic heterocycles. The quantitative estimate of drug-likeness (QED) is 0.702. The van der Waals surface area contributed by atoms with Crippen LogP contribution in [0.3, 0.4) is 0 Å². The lowest BCUT2D eigenvalue weighted by molar-refractivity contribution is 0.222. The molecule has 0 saturated heterocycles. The molecular weight excluding hydrogens is 364 g/mol. The number of hydrogen-bond donors (Lipinski definition) is 3. The fraction of sp³-hybridized carbons (Fsp3) is 0.273. The minimum absolute atomic E-state index is 0.299. The summed E-state index contributed by atoms with van der Waals surface area (Å²) in [6.07, 6.45) is 3.65. The number of nitrogens with zero attached hydrogens (tertiary/aromatic N) is 3. The summed E-state index contributed by atoms with van der Waals surface area (Å²) in [7, 11) is 0. The van der Waals surface area contributed by atoms with Crippen LogP contribution < -0.4 is 5.73 Å². The molecule has 6 nitrogen and oxygen atoms in total. The van der Waals surface area contributed by atoms with E-state index < -0.39 is 5.24 Å². The fourth-order valence-corrected chi connectivity index (χ4v) is 1.77. The van der Waals surface area contributed by atoms with E-state index in [1.54, 1.807) is 12.4 Å². The van der Waals surface area contributed by atoms with Gasteiger partial charge >= 0.3 is 0 Å². The summed E-state index contributed by atoms with van der Waals surface area (Å²) in [5.74, 6) is 0. The van der Waals surface area contributed by atoms with Gasteiger partial charge in [0.25, 0.3) is 10.5 Å². The van der Waals surface area contributed by atoms with Gasteiger partial charge in [-0.3, -0.25) is 14.6 Å². The molecule has 0 aliphatic carbocycles. The first kappa shape index (κ1) is 18.8. The second-order valence-electron chi connectivity index (χ2n) is 3.46. The molecule has 0 aliphatic rings. The highest BCUT2D eigenvalue weighted by molar-refractivity contribution is 9.10. The summed E-state index contributed by atoms with van der Waals surface area (Å²) in [6.45, 7) is 0.793. The predicted octanol–water partition coefficient (Wildman–Crippen LogP) is 2.60. The number of carbonyl (C=O) groups excluding carboxylic acids is 2. The van der Waals surface area contributed by atoms with Crippen molar-refractivity contribution in [3.63, 3.8) is 0 Å². The summed E-state index contributed by atoms with van der Waals surface area (Å²) in [5, 5.41) is 7.50. The molecule has 9 heteroatoms. The van der Waals surface area contributed by atoms with Gasteiger partial charge in [-0.2, -0.15) is 5.26 Å². The van der Waals surface area contributed by atoms with Crippen LogP contribution in [0.2, 0.25) is 0 Å². The first-order valence-electron chi connectivity index (χ1n) is 5.29. The summed E-state index contributed by atoms with van der Waals surface area (Å²) >= 11 is 10.2. The molecule has 0 radical (unpaired) electrons. The van der Waals surface area contributed by atoms with Gasteiger partial charge in [0, 0.05) is 30.0 Å². The Balaban J connectivity index is 0.000000796. The molecule has 0 fully saturated rings. The third kappa shape index (κ3) is 9.66. The van der Waals surface area contributed by atoms with Gasteiger partial charge in [0.05, 0.1) is 12.5 Å². The maximum absolute atomic E-state index is 11.2. The van der Waals surface area contributed by atoms with Gasteiger partial charge in [0.2, 0.25) is 0 Å². The smallest absolute Gasteiger partial charge is 0.278 e. The van der Waals surface area contributed by atoms with Gasteiger partial charge in [-0.15, -0.1) is 0 Å². The number of halogens is 1. The highest BCUT2D eigenvalue weighted by Gasteiger charge is 2.10. The van der Waals surface area contributed by atoms with Crippen molar-refractivity contribution in [2.45, 2.75) is 13.0 Å². The number of carbonyl (C=O) groups is 2. The lowest BCUT2D eigenvalue weighted by Gasteiger charge is -2.18. The van der Waals surface area contributed by atoms with Gasteiger partial charge in [0.15, 0.2) is 0 Å². The molecule has 1 rings (SSSR count). The average Bonchev–Trinajstić information content (AvgIpc) is 2.33. The third-order valence-electron chi connectivity index (χ3n) is 1.90. The minimum atomic E-state index is -0.639. The van der Waals surface area contributed by atoms with Crippen LogP contribution in [0.15, 0.2) is 22.9 Å². The number of rotatable bonds is 4. The van der Waals surface area contributed by atoms with E-state index in [4.69, 9.17) is 10.1 Å². The van der Waals surface area contributed by atoms with Crippen molar-refractivity contribution in [3.05, 3.63) is 28.5 Å². The number of primary amides is 1. The number of aromatic nitrogens is 1. The molecule has 0 bridgehead atoms. The molecule has 0 unspecified atom stereocenters. The van der Waals surface area contributed by atoms with Crippen LogP contribution in [0.4, 0.5) is 9.59 Å². The van der Waals surface area contributed by atoms with Crippen molar-refractivity contribution in [1.29, 1.82) is 5.26 Å².